The topological polar surface area (TPSA) is 30.7 Å². The van der Waals surface area contributed by atoms with Crippen LogP contribution < -0.4 is 0 Å². The molecule has 0 aromatic carbocycles. The van der Waals surface area contributed by atoms with Crippen LogP contribution in [0.4, 0.5) is 0 Å². The van der Waals surface area contributed by atoms with Gasteiger partial charge in [-0.25, -0.2) is 4.68 Å². The summed E-state index contributed by atoms with van der Waals surface area (Å²) < 4.78 is 1.97. The minimum absolute atomic E-state index is 0.468. The summed E-state index contributed by atoms with van der Waals surface area (Å²) in [5.74, 6) is 1.41. The highest BCUT2D eigenvalue weighted by atomic mass is 35.5. The molecule has 3 nitrogen and oxygen atoms in total. The summed E-state index contributed by atoms with van der Waals surface area (Å²) in [5, 5.41) is 8.08. The lowest BCUT2D eigenvalue weighted by Crippen LogP contribution is -2.03. The van der Waals surface area contributed by atoms with Crippen molar-refractivity contribution in [3.8, 4) is 0 Å². The first-order valence-corrected chi connectivity index (χ1v) is 5.29. The van der Waals surface area contributed by atoms with Crippen molar-refractivity contribution in [1.29, 1.82) is 0 Å². The molecule has 0 atom stereocenters. The Balaban J connectivity index is 1.97. The first-order chi connectivity index (χ1) is 6.31. The van der Waals surface area contributed by atoms with E-state index in [1.807, 2.05) is 11.6 Å². The van der Waals surface area contributed by atoms with Crippen molar-refractivity contribution in [2.75, 3.05) is 0 Å². The second-order valence-electron chi connectivity index (χ2n) is 3.71. The lowest BCUT2D eigenvalue weighted by Gasteiger charge is -2.01. The third-order valence-electron chi connectivity index (χ3n) is 2.65. The van der Waals surface area contributed by atoms with E-state index in [1.54, 1.807) is 0 Å². The van der Waals surface area contributed by atoms with Gasteiger partial charge in [-0.1, -0.05) is 18.1 Å². The zero-order valence-electron chi connectivity index (χ0n) is 7.83. The van der Waals surface area contributed by atoms with Crippen molar-refractivity contribution in [2.45, 2.75) is 38.6 Å². The Morgan fingerprint density at radius 1 is 1.54 bits per heavy atom. The molecule has 1 saturated carbocycles. The van der Waals surface area contributed by atoms with Crippen molar-refractivity contribution in [3.63, 3.8) is 0 Å². The standard InChI is InChI=1S/C9H14ClN3/c1-7-9(6-10)11-12-13(7)5-4-8-2-3-8/h8H,2-6H2,1H3. The Morgan fingerprint density at radius 3 is 2.85 bits per heavy atom. The second kappa shape index (κ2) is 3.66. The average Bonchev–Trinajstić information content (AvgIpc) is 2.89. The van der Waals surface area contributed by atoms with Crippen LogP contribution in [0.3, 0.4) is 0 Å². The van der Waals surface area contributed by atoms with Gasteiger partial charge in [0.2, 0.25) is 0 Å². The monoisotopic (exact) mass is 199 g/mol. The molecule has 0 unspecified atom stereocenters. The van der Waals surface area contributed by atoms with E-state index in [-0.39, 0.29) is 0 Å². The number of hydrogen-bond donors (Lipinski definition) is 0. The zero-order valence-corrected chi connectivity index (χ0v) is 8.59. The molecule has 1 aliphatic rings. The fourth-order valence-electron chi connectivity index (χ4n) is 1.44. The van der Waals surface area contributed by atoms with Crippen molar-refractivity contribution >= 4 is 11.6 Å². The molecule has 0 saturated heterocycles. The number of alkyl halides is 1. The molecule has 1 aliphatic carbocycles. The van der Waals surface area contributed by atoms with E-state index in [2.05, 4.69) is 10.3 Å². The Labute approximate surface area is 83.1 Å². The molecular formula is C9H14ClN3. The van der Waals surface area contributed by atoms with Gasteiger partial charge in [0.15, 0.2) is 0 Å². The van der Waals surface area contributed by atoms with Gasteiger partial charge in [-0.3, -0.25) is 0 Å². The van der Waals surface area contributed by atoms with Crippen LogP contribution in [-0.4, -0.2) is 15.0 Å². The number of aryl methyl sites for hydroxylation is 1. The molecular weight excluding hydrogens is 186 g/mol. The number of rotatable bonds is 4. The summed E-state index contributed by atoms with van der Waals surface area (Å²) in [6.07, 6.45) is 4.04. The molecule has 0 N–H and O–H groups in total. The molecule has 1 heterocycles. The first kappa shape index (κ1) is 9.00. The molecule has 0 spiro atoms. The maximum atomic E-state index is 5.70. The normalized spacial score (nSPS) is 16.5. The van der Waals surface area contributed by atoms with Crippen LogP contribution in [0.15, 0.2) is 0 Å². The quantitative estimate of drug-likeness (QED) is 0.696. The van der Waals surface area contributed by atoms with Crippen LogP contribution in [0.1, 0.15) is 30.7 Å². The van der Waals surface area contributed by atoms with E-state index in [9.17, 15) is 0 Å². The summed E-state index contributed by atoms with van der Waals surface area (Å²) in [6.45, 7) is 3.03. The van der Waals surface area contributed by atoms with Gasteiger partial charge in [-0.05, 0) is 19.3 Å². The van der Waals surface area contributed by atoms with Crippen molar-refractivity contribution < 1.29 is 0 Å². The van der Waals surface area contributed by atoms with Gasteiger partial charge in [0.05, 0.1) is 11.6 Å². The molecule has 0 bridgehead atoms. The molecule has 0 radical (unpaired) electrons. The highest BCUT2D eigenvalue weighted by Crippen LogP contribution is 2.32. The van der Waals surface area contributed by atoms with E-state index in [0.717, 1.165) is 23.9 Å². The molecule has 0 amide bonds. The Morgan fingerprint density at radius 2 is 2.31 bits per heavy atom. The molecule has 1 fully saturated rings. The minimum Gasteiger partial charge on any atom is -0.249 e. The van der Waals surface area contributed by atoms with Crippen molar-refractivity contribution in [1.82, 2.24) is 15.0 Å². The molecule has 4 heteroatoms. The maximum absolute atomic E-state index is 5.70. The van der Waals surface area contributed by atoms with Crippen LogP contribution in [-0.2, 0) is 12.4 Å². The van der Waals surface area contributed by atoms with E-state index >= 15 is 0 Å². The first-order valence-electron chi connectivity index (χ1n) is 4.76. The van der Waals surface area contributed by atoms with Crippen LogP contribution in [0.25, 0.3) is 0 Å². The van der Waals surface area contributed by atoms with Crippen LogP contribution in [0, 0.1) is 12.8 Å². The van der Waals surface area contributed by atoms with E-state index in [4.69, 9.17) is 11.6 Å². The fourth-order valence-corrected chi connectivity index (χ4v) is 1.69. The Hall–Kier alpha value is -0.570. The number of aromatic nitrogens is 3. The zero-order chi connectivity index (χ0) is 9.26. The summed E-state index contributed by atoms with van der Waals surface area (Å²) >= 11 is 5.70. The third-order valence-corrected chi connectivity index (χ3v) is 2.90. The summed E-state index contributed by atoms with van der Waals surface area (Å²) in [7, 11) is 0. The third kappa shape index (κ3) is 2.02. The molecule has 0 aliphatic heterocycles. The molecule has 13 heavy (non-hydrogen) atoms. The summed E-state index contributed by atoms with van der Waals surface area (Å²) in [6, 6.07) is 0. The van der Waals surface area contributed by atoms with Gasteiger partial charge < -0.3 is 0 Å². The Kier molecular flexibility index (Phi) is 2.54. The predicted octanol–water partition coefficient (Wildman–Crippen LogP) is 2.13. The number of nitrogens with zero attached hydrogens (tertiary/aromatic N) is 3. The van der Waals surface area contributed by atoms with Crippen molar-refractivity contribution in [3.05, 3.63) is 11.4 Å². The second-order valence-corrected chi connectivity index (χ2v) is 3.98. The number of halogens is 1. The van der Waals surface area contributed by atoms with Crippen LogP contribution >= 0.6 is 11.6 Å². The fraction of sp³-hybridized carbons (Fsp3) is 0.778. The smallest absolute Gasteiger partial charge is 0.100 e. The Bertz CT molecular complexity index is 291. The van der Waals surface area contributed by atoms with E-state index in [0.29, 0.717) is 5.88 Å². The van der Waals surface area contributed by atoms with Gasteiger partial charge >= 0.3 is 0 Å². The van der Waals surface area contributed by atoms with Gasteiger partial charge in [0.1, 0.15) is 5.69 Å². The minimum atomic E-state index is 0.468. The summed E-state index contributed by atoms with van der Waals surface area (Å²) in [4.78, 5) is 0. The average molecular weight is 200 g/mol. The number of hydrogen-bond acceptors (Lipinski definition) is 2. The predicted molar refractivity (Wildman–Crippen MR) is 51.7 cm³/mol. The molecule has 1 aromatic heterocycles. The van der Waals surface area contributed by atoms with Gasteiger partial charge in [-0.15, -0.1) is 16.7 Å². The molecule has 1 aromatic rings. The van der Waals surface area contributed by atoms with Crippen LogP contribution in [0.2, 0.25) is 0 Å². The molecule has 2 rings (SSSR count). The van der Waals surface area contributed by atoms with Crippen molar-refractivity contribution in [2.24, 2.45) is 5.92 Å². The largest absolute Gasteiger partial charge is 0.249 e. The van der Waals surface area contributed by atoms with Crippen LogP contribution in [0.5, 0.6) is 0 Å². The lowest BCUT2D eigenvalue weighted by atomic mass is 10.3. The molecule has 72 valence electrons. The highest BCUT2D eigenvalue weighted by Gasteiger charge is 2.21. The van der Waals surface area contributed by atoms with E-state index in [1.165, 1.54) is 19.3 Å². The maximum Gasteiger partial charge on any atom is 0.100 e. The highest BCUT2D eigenvalue weighted by molar-refractivity contribution is 6.16. The van der Waals surface area contributed by atoms with Gasteiger partial charge in [0.25, 0.3) is 0 Å². The van der Waals surface area contributed by atoms with Gasteiger partial charge in [0, 0.05) is 6.54 Å². The van der Waals surface area contributed by atoms with Gasteiger partial charge in [-0.2, -0.15) is 0 Å². The van der Waals surface area contributed by atoms with E-state index < -0.39 is 0 Å². The lowest BCUT2D eigenvalue weighted by molar-refractivity contribution is 0.521. The SMILES string of the molecule is Cc1c(CCl)nnn1CCC1CC1. The summed E-state index contributed by atoms with van der Waals surface area (Å²) in [5.41, 5.74) is 2.04.